The Labute approximate surface area is 171 Å². The van der Waals surface area contributed by atoms with E-state index in [1.165, 1.54) is 0 Å². The maximum absolute atomic E-state index is 9.60. The van der Waals surface area contributed by atoms with Crippen molar-refractivity contribution in [2.75, 3.05) is 26.9 Å². The molecule has 0 radical (unpaired) electrons. The van der Waals surface area contributed by atoms with Crippen LogP contribution in [0.15, 0.2) is 0 Å². The van der Waals surface area contributed by atoms with E-state index in [0.29, 0.717) is 19.8 Å². The Bertz CT molecular complexity index is 411. The van der Waals surface area contributed by atoms with Gasteiger partial charge in [0.1, 0.15) is 6.10 Å². The smallest absolute Gasteiger partial charge is 0.315 e. The topological polar surface area (TPSA) is 66.4 Å². The maximum atomic E-state index is 9.60. The molecule has 10 heteroatoms. The monoisotopic (exact) mass is 456 g/mol. The van der Waals surface area contributed by atoms with Gasteiger partial charge in [-0.15, -0.1) is 0 Å². The Morgan fingerprint density at radius 1 is 0.741 bits per heavy atom. The third kappa shape index (κ3) is 16.1. The second-order valence-corrected chi connectivity index (χ2v) is 26.2. The summed E-state index contributed by atoms with van der Waals surface area (Å²) >= 11 is 0. The van der Waals surface area contributed by atoms with E-state index in [1.54, 1.807) is 7.11 Å². The largest absolute Gasteiger partial charge is 0.437 e. The molecule has 0 amide bonds. The lowest BCUT2D eigenvalue weighted by Crippen LogP contribution is -2.56. The lowest BCUT2D eigenvalue weighted by Gasteiger charge is -2.41. The van der Waals surface area contributed by atoms with Gasteiger partial charge in [-0.25, -0.2) is 0 Å². The van der Waals surface area contributed by atoms with E-state index >= 15 is 0 Å². The number of ether oxygens (including phenoxy) is 2. The highest BCUT2D eigenvalue weighted by molar-refractivity contribution is 6.89. The third-order valence-electron chi connectivity index (χ3n) is 3.37. The predicted molar refractivity (Wildman–Crippen MR) is 122 cm³/mol. The zero-order valence-electron chi connectivity index (χ0n) is 19.3. The van der Waals surface area contributed by atoms with Crippen LogP contribution < -0.4 is 0 Å². The quantitative estimate of drug-likeness (QED) is 0.293. The number of hydrogen-bond acceptors (Lipinski definition) is 6. The molecule has 0 aliphatic rings. The second kappa shape index (κ2) is 11.7. The van der Waals surface area contributed by atoms with Crippen molar-refractivity contribution in [1.82, 2.24) is 0 Å². The summed E-state index contributed by atoms with van der Waals surface area (Å²) in [6.07, 6.45) is 1.36. The van der Waals surface area contributed by atoms with Gasteiger partial charge in [-0.05, 0) is 77.8 Å². The van der Waals surface area contributed by atoms with Crippen LogP contribution in [-0.4, -0.2) is 71.9 Å². The number of aliphatic hydroxyl groups is 1. The summed E-state index contributed by atoms with van der Waals surface area (Å²) in [5.74, 6) is 0. The zero-order chi connectivity index (χ0) is 21.4. The molecular formula is C17H44O6Si4. The third-order valence-corrected chi connectivity index (χ3v) is 16.9. The molecule has 1 N–H and O–H groups in total. The van der Waals surface area contributed by atoms with Crippen LogP contribution in [0.25, 0.3) is 0 Å². The van der Waals surface area contributed by atoms with E-state index in [4.69, 9.17) is 21.8 Å². The lowest BCUT2D eigenvalue weighted by atomic mass is 10.3. The SMILES string of the molecule is COCC(O)COCCCC[Si](C)(O[Si](C)(C)C)O[Si](C)(C)O[Si](C)(C)C. The number of hydrogen-bond donors (Lipinski definition) is 1. The number of unbranched alkanes of at least 4 members (excludes halogenated alkanes) is 1. The average molecular weight is 457 g/mol. The fourth-order valence-electron chi connectivity index (χ4n) is 3.16. The number of methoxy groups -OCH3 is 1. The molecule has 0 saturated heterocycles. The van der Waals surface area contributed by atoms with Crippen molar-refractivity contribution in [3.8, 4) is 0 Å². The van der Waals surface area contributed by atoms with Crippen molar-refractivity contribution in [2.45, 2.75) is 83.9 Å². The summed E-state index contributed by atoms with van der Waals surface area (Å²) < 4.78 is 30.1. The van der Waals surface area contributed by atoms with Crippen LogP contribution in [0.3, 0.4) is 0 Å². The molecule has 0 aromatic rings. The summed E-state index contributed by atoms with van der Waals surface area (Å²) in [7, 11) is -6.35. The van der Waals surface area contributed by atoms with Crippen molar-refractivity contribution in [3.63, 3.8) is 0 Å². The van der Waals surface area contributed by atoms with Crippen molar-refractivity contribution in [1.29, 1.82) is 0 Å². The molecule has 0 aromatic heterocycles. The molecule has 0 aliphatic carbocycles. The average Bonchev–Trinajstić information content (AvgIpc) is 2.36. The first kappa shape index (κ1) is 27.6. The minimum Gasteiger partial charge on any atom is -0.437 e. The minimum atomic E-state index is -2.32. The number of aliphatic hydroxyl groups excluding tert-OH is 1. The molecule has 0 aromatic carbocycles. The molecule has 0 bridgehead atoms. The van der Waals surface area contributed by atoms with E-state index in [-0.39, 0.29) is 0 Å². The fraction of sp³-hybridized carbons (Fsp3) is 1.00. The first-order chi connectivity index (χ1) is 12.1. The highest BCUT2D eigenvalue weighted by Crippen LogP contribution is 2.28. The van der Waals surface area contributed by atoms with Crippen LogP contribution in [-0.2, 0) is 21.8 Å². The Kier molecular flexibility index (Phi) is 12.0. The molecule has 0 heterocycles. The van der Waals surface area contributed by atoms with Crippen LogP contribution in [0.4, 0.5) is 0 Å². The van der Waals surface area contributed by atoms with Gasteiger partial charge in [-0.2, -0.15) is 0 Å². The summed E-state index contributed by atoms with van der Waals surface area (Å²) in [4.78, 5) is 0. The van der Waals surface area contributed by atoms with Gasteiger partial charge in [0.2, 0.25) is 0 Å². The van der Waals surface area contributed by atoms with Gasteiger partial charge in [0, 0.05) is 13.7 Å². The second-order valence-electron chi connectivity index (χ2n) is 9.71. The van der Waals surface area contributed by atoms with Crippen LogP contribution in [0.5, 0.6) is 0 Å². The molecular weight excluding hydrogens is 413 g/mol. The maximum Gasteiger partial charge on any atom is 0.315 e. The lowest BCUT2D eigenvalue weighted by molar-refractivity contribution is -0.00664. The highest BCUT2D eigenvalue weighted by atomic mass is 28.5. The Balaban J connectivity index is 4.63. The van der Waals surface area contributed by atoms with E-state index in [9.17, 15) is 5.11 Å². The molecule has 0 fully saturated rings. The Morgan fingerprint density at radius 3 is 1.78 bits per heavy atom. The number of rotatable bonds is 15. The van der Waals surface area contributed by atoms with Crippen molar-refractivity contribution >= 4 is 33.8 Å². The first-order valence-electron chi connectivity index (χ1n) is 9.93. The van der Waals surface area contributed by atoms with Gasteiger partial charge in [0.05, 0.1) is 13.2 Å². The van der Waals surface area contributed by atoms with E-state index in [2.05, 4.69) is 58.9 Å². The zero-order valence-corrected chi connectivity index (χ0v) is 23.3. The highest BCUT2D eigenvalue weighted by Gasteiger charge is 2.44. The molecule has 2 atom stereocenters. The van der Waals surface area contributed by atoms with Crippen molar-refractivity contribution in [3.05, 3.63) is 0 Å². The standard InChI is InChI=1S/C17H44O6Si4/c1-19-15-17(18)16-20-13-11-12-14-27(10,22-25(5,6)7)23-26(8,9)21-24(2,3)4/h17-18H,11-16H2,1-10H3. The fourth-order valence-corrected chi connectivity index (χ4v) is 21.2. The molecule has 27 heavy (non-hydrogen) atoms. The molecule has 0 rings (SSSR count). The predicted octanol–water partition coefficient (Wildman–Crippen LogP) is 4.28. The van der Waals surface area contributed by atoms with Gasteiger partial charge in [0.25, 0.3) is 0 Å². The van der Waals surface area contributed by atoms with Gasteiger partial charge in [0.15, 0.2) is 16.6 Å². The first-order valence-corrected chi connectivity index (χ1v) is 22.1. The van der Waals surface area contributed by atoms with Crippen molar-refractivity contribution < 1.29 is 26.9 Å². The molecule has 2 unspecified atom stereocenters. The molecule has 164 valence electrons. The normalized spacial score (nSPS) is 17.0. The molecule has 6 nitrogen and oxygen atoms in total. The minimum absolute atomic E-state index is 0.305. The Morgan fingerprint density at radius 2 is 1.30 bits per heavy atom. The summed E-state index contributed by atoms with van der Waals surface area (Å²) in [5, 5.41) is 9.60. The molecule has 0 saturated carbocycles. The van der Waals surface area contributed by atoms with Crippen LogP contribution in [0.2, 0.25) is 65.0 Å². The van der Waals surface area contributed by atoms with Crippen LogP contribution in [0.1, 0.15) is 12.8 Å². The van der Waals surface area contributed by atoms with E-state index in [0.717, 1.165) is 18.9 Å². The summed E-state index contributed by atoms with van der Waals surface area (Å²) in [6, 6.07) is 0.937. The van der Waals surface area contributed by atoms with Gasteiger partial charge in [-0.3, -0.25) is 0 Å². The summed E-state index contributed by atoms with van der Waals surface area (Å²) in [5.41, 5.74) is 0. The Hall–Kier alpha value is 0.628. The molecule has 0 aliphatic heterocycles. The van der Waals surface area contributed by atoms with E-state index in [1.807, 2.05) is 0 Å². The van der Waals surface area contributed by atoms with Gasteiger partial charge < -0.3 is 26.9 Å². The van der Waals surface area contributed by atoms with Gasteiger partial charge in [-0.1, -0.05) is 0 Å². The summed E-state index contributed by atoms with van der Waals surface area (Å²) in [6.45, 7) is 21.0. The molecule has 0 spiro atoms. The van der Waals surface area contributed by atoms with Crippen molar-refractivity contribution in [2.24, 2.45) is 0 Å². The van der Waals surface area contributed by atoms with E-state index < -0.39 is 39.9 Å². The van der Waals surface area contributed by atoms with Gasteiger partial charge >= 0.3 is 17.1 Å². The van der Waals surface area contributed by atoms with Crippen LogP contribution in [0, 0.1) is 0 Å². The van der Waals surface area contributed by atoms with Crippen LogP contribution >= 0.6 is 0 Å².